The fraction of sp³-hybridized carbons (Fsp3) is 0.318. The normalized spacial score (nSPS) is 16.9. The summed E-state index contributed by atoms with van der Waals surface area (Å²) < 4.78 is 10.6. The number of piperidine rings is 1. The number of hydrogen-bond acceptors (Lipinski definition) is 6. The molecule has 1 unspecified atom stereocenters. The van der Waals surface area contributed by atoms with Crippen molar-refractivity contribution in [2.75, 3.05) is 25.5 Å². The van der Waals surface area contributed by atoms with E-state index in [1.54, 1.807) is 31.4 Å². The maximum atomic E-state index is 12.7. The fourth-order valence-corrected chi connectivity index (χ4v) is 3.68. The molecular weight excluding hydrogens is 404 g/mol. The zero-order valence-corrected chi connectivity index (χ0v) is 17.4. The van der Waals surface area contributed by atoms with Crippen molar-refractivity contribution in [1.82, 2.24) is 15.0 Å². The number of nitrogens with one attached hydrogen (secondary N) is 1. The van der Waals surface area contributed by atoms with E-state index in [0.717, 1.165) is 36.4 Å². The summed E-state index contributed by atoms with van der Waals surface area (Å²) in [6.07, 6.45) is 1.80. The summed E-state index contributed by atoms with van der Waals surface area (Å²) in [6.45, 7) is 2.07. The number of methoxy groups -OCH3 is 1. The van der Waals surface area contributed by atoms with Crippen molar-refractivity contribution in [2.24, 2.45) is 5.92 Å². The number of carbonyl (C=O) groups excluding carboxylic acids is 1. The Bertz CT molecular complexity index is 988. The van der Waals surface area contributed by atoms with Crippen LogP contribution >= 0.6 is 11.6 Å². The minimum Gasteiger partial charge on any atom is -0.497 e. The van der Waals surface area contributed by atoms with Gasteiger partial charge in [0, 0.05) is 22.8 Å². The van der Waals surface area contributed by atoms with Gasteiger partial charge in [0.05, 0.1) is 19.6 Å². The summed E-state index contributed by atoms with van der Waals surface area (Å²) in [6, 6.07) is 14.7. The molecule has 7 nitrogen and oxygen atoms in total. The van der Waals surface area contributed by atoms with Crippen molar-refractivity contribution in [1.29, 1.82) is 0 Å². The molecule has 1 amide bonds. The zero-order valence-electron chi connectivity index (χ0n) is 16.7. The smallest absolute Gasteiger partial charge is 0.241 e. The molecule has 8 heteroatoms. The molecule has 2 aromatic carbocycles. The molecule has 156 valence electrons. The molecule has 4 rings (SSSR count). The molecule has 1 aromatic heterocycles. The molecule has 0 spiro atoms. The SMILES string of the molecule is COc1ccc(-c2noc(CN3CCCC(C(=O)Nc4ccc(Cl)cc4)C3)n2)cc1. The van der Waals surface area contributed by atoms with Gasteiger partial charge in [-0.3, -0.25) is 9.69 Å². The van der Waals surface area contributed by atoms with Gasteiger partial charge in [0.25, 0.3) is 0 Å². The number of benzene rings is 2. The Morgan fingerprint density at radius 2 is 2.00 bits per heavy atom. The van der Waals surface area contributed by atoms with Gasteiger partial charge in [-0.1, -0.05) is 16.8 Å². The van der Waals surface area contributed by atoms with Gasteiger partial charge in [0.2, 0.25) is 17.6 Å². The quantitative estimate of drug-likeness (QED) is 0.634. The van der Waals surface area contributed by atoms with Gasteiger partial charge in [-0.05, 0) is 67.9 Å². The monoisotopic (exact) mass is 426 g/mol. The maximum Gasteiger partial charge on any atom is 0.241 e. The Hall–Kier alpha value is -2.90. The van der Waals surface area contributed by atoms with Crippen LogP contribution in [0.2, 0.25) is 5.02 Å². The number of likely N-dealkylation sites (tertiary alicyclic amines) is 1. The first-order valence-corrected chi connectivity index (χ1v) is 10.2. The number of carbonyl (C=O) groups is 1. The average molecular weight is 427 g/mol. The van der Waals surface area contributed by atoms with Crippen LogP contribution in [0, 0.1) is 5.92 Å². The maximum absolute atomic E-state index is 12.7. The van der Waals surface area contributed by atoms with Crippen LogP contribution in [0.1, 0.15) is 18.7 Å². The number of nitrogens with zero attached hydrogens (tertiary/aromatic N) is 3. The van der Waals surface area contributed by atoms with Crippen LogP contribution < -0.4 is 10.1 Å². The molecule has 3 aromatic rings. The second kappa shape index (κ2) is 9.28. The van der Waals surface area contributed by atoms with Gasteiger partial charge in [-0.2, -0.15) is 4.98 Å². The van der Waals surface area contributed by atoms with Gasteiger partial charge < -0.3 is 14.6 Å². The predicted molar refractivity (Wildman–Crippen MR) is 114 cm³/mol. The van der Waals surface area contributed by atoms with Crippen molar-refractivity contribution in [3.63, 3.8) is 0 Å². The Balaban J connectivity index is 1.35. The van der Waals surface area contributed by atoms with Gasteiger partial charge in [0.15, 0.2) is 0 Å². The third-order valence-electron chi connectivity index (χ3n) is 5.16. The van der Waals surface area contributed by atoms with Crippen LogP contribution in [0.25, 0.3) is 11.4 Å². The Kier molecular flexibility index (Phi) is 6.30. The number of aromatic nitrogens is 2. The third kappa shape index (κ3) is 4.98. The van der Waals surface area contributed by atoms with E-state index in [0.29, 0.717) is 29.8 Å². The van der Waals surface area contributed by atoms with Crippen LogP contribution in [0.4, 0.5) is 5.69 Å². The highest BCUT2D eigenvalue weighted by Crippen LogP contribution is 2.23. The number of anilines is 1. The molecule has 1 atom stereocenters. The summed E-state index contributed by atoms with van der Waals surface area (Å²) in [5.41, 5.74) is 1.62. The first-order valence-electron chi connectivity index (χ1n) is 9.86. The van der Waals surface area contributed by atoms with Crippen LogP contribution in [0.5, 0.6) is 5.75 Å². The van der Waals surface area contributed by atoms with Gasteiger partial charge in [-0.15, -0.1) is 0 Å². The van der Waals surface area contributed by atoms with Crippen molar-refractivity contribution < 1.29 is 14.1 Å². The third-order valence-corrected chi connectivity index (χ3v) is 5.42. The van der Waals surface area contributed by atoms with Crippen molar-refractivity contribution >= 4 is 23.2 Å². The van der Waals surface area contributed by atoms with Crippen molar-refractivity contribution in [3.8, 4) is 17.1 Å². The molecule has 0 radical (unpaired) electrons. The number of amides is 1. The number of halogens is 1. The van der Waals surface area contributed by atoms with Crippen molar-refractivity contribution in [3.05, 3.63) is 59.4 Å². The fourth-order valence-electron chi connectivity index (χ4n) is 3.56. The standard InChI is InChI=1S/C22H23ClN4O3/c1-29-19-10-4-15(5-11-19)21-25-20(30-26-21)14-27-12-2-3-16(13-27)22(28)24-18-8-6-17(23)7-9-18/h4-11,16H,2-3,12-14H2,1H3,(H,24,28). The lowest BCUT2D eigenvalue weighted by Crippen LogP contribution is -2.40. The van der Waals surface area contributed by atoms with Gasteiger partial charge in [0.1, 0.15) is 5.75 Å². The molecule has 0 saturated carbocycles. The molecule has 2 heterocycles. The molecule has 0 bridgehead atoms. The Morgan fingerprint density at radius 3 is 2.73 bits per heavy atom. The van der Waals surface area contributed by atoms with Crippen LogP contribution in [-0.2, 0) is 11.3 Å². The highest BCUT2D eigenvalue weighted by atomic mass is 35.5. The largest absolute Gasteiger partial charge is 0.497 e. The minimum absolute atomic E-state index is 0.0199. The molecule has 1 saturated heterocycles. The van der Waals surface area contributed by atoms with E-state index in [1.807, 2.05) is 24.3 Å². The lowest BCUT2D eigenvalue weighted by atomic mass is 9.97. The topological polar surface area (TPSA) is 80.5 Å². The molecule has 1 N–H and O–H groups in total. The van der Waals surface area contributed by atoms with Gasteiger partial charge >= 0.3 is 0 Å². The van der Waals surface area contributed by atoms with Crippen molar-refractivity contribution in [2.45, 2.75) is 19.4 Å². The Labute approximate surface area is 180 Å². The number of ether oxygens (including phenoxy) is 1. The second-order valence-electron chi connectivity index (χ2n) is 7.31. The molecule has 1 aliphatic heterocycles. The van der Waals surface area contributed by atoms with E-state index in [4.69, 9.17) is 20.9 Å². The summed E-state index contributed by atoms with van der Waals surface area (Å²) in [7, 11) is 1.63. The van der Waals surface area contributed by atoms with E-state index >= 15 is 0 Å². The van der Waals surface area contributed by atoms with E-state index in [1.165, 1.54) is 0 Å². The van der Waals surface area contributed by atoms with E-state index in [9.17, 15) is 4.79 Å². The summed E-state index contributed by atoms with van der Waals surface area (Å²) >= 11 is 5.90. The molecule has 1 fully saturated rings. The van der Waals surface area contributed by atoms with Crippen LogP contribution in [0.15, 0.2) is 53.1 Å². The highest BCUT2D eigenvalue weighted by Gasteiger charge is 2.27. The lowest BCUT2D eigenvalue weighted by Gasteiger charge is -2.30. The van der Waals surface area contributed by atoms with Gasteiger partial charge in [-0.25, -0.2) is 0 Å². The van der Waals surface area contributed by atoms with Crippen LogP contribution in [0.3, 0.4) is 0 Å². The van der Waals surface area contributed by atoms with E-state index < -0.39 is 0 Å². The number of hydrogen-bond donors (Lipinski definition) is 1. The van der Waals surface area contributed by atoms with E-state index in [-0.39, 0.29) is 11.8 Å². The van der Waals surface area contributed by atoms with Crippen LogP contribution in [-0.4, -0.2) is 41.1 Å². The molecule has 30 heavy (non-hydrogen) atoms. The molecule has 0 aliphatic carbocycles. The second-order valence-corrected chi connectivity index (χ2v) is 7.75. The summed E-state index contributed by atoms with van der Waals surface area (Å²) in [4.78, 5) is 19.3. The molecular formula is C22H23ClN4O3. The minimum atomic E-state index is -0.0848. The molecule has 1 aliphatic rings. The summed E-state index contributed by atoms with van der Waals surface area (Å²) in [5, 5.41) is 7.70. The lowest BCUT2D eigenvalue weighted by molar-refractivity contribution is -0.121. The highest BCUT2D eigenvalue weighted by molar-refractivity contribution is 6.30. The number of rotatable bonds is 6. The van der Waals surface area contributed by atoms with E-state index in [2.05, 4.69) is 20.4 Å². The predicted octanol–water partition coefficient (Wildman–Crippen LogP) is 4.25. The first kappa shape index (κ1) is 20.4. The summed E-state index contributed by atoms with van der Waals surface area (Å²) in [5.74, 6) is 1.80. The first-order chi connectivity index (χ1) is 14.6. The zero-order chi connectivity index (χ0) is 20.9. The Morgan fingerprint density at radius 1 is 1.23 bits per heavy atom. The average Bonchev–Trinajstić information content (AvgIpc) is 3.24.